The Balaban J connectivity index is 2.09. The van der Waals surface area contributed by atoms with Crippen LogP contribution in [0.3, 0.4) is 0 Å². The first-order valence-electron chi connectivity index (χ1n) is 6.47. The predicted molar refractivity (Wildman–Crippen MR) is 70.4 cm³/mol. The quantitative estimate of drug-likeness (QED) is 0.823. The summed E-state index contributed by atoms with van der Waals surface area (Å²) >= 11 is 0. The number of hydrogen-bond acceptors (Lipinski definition) is 4. The standard InChI is InChI=1S/C15H15N3O/c1-10-8-12(13-5-4-11(2)19-13)18-14(17-10)15(9-16)6-3-7-15/h4-5,8H,3,6-7H2,1-2H3. The minimum atomic E-state index is -0.484. The zero-order valence-electron chi connectivity index (χ0n) is 11.1. The lowest BCUT2D eigenvalue weighted by Gasteiger charge is -2.33. The molecule has 2 aromatic heterocycles. The minimum Gasteiger partial charge on any atom is -0.460 e. The SMILES string of the molecule is Cc1cc(-c2ccc(C)o2)nc(C2(C#N)CCC2)n1. The molecule has 0 aliphatic heterocycles. The van der Waals surface area contributed by atoms with Crippen molar-refractivity contribution in [3.8, 4) is 17.5 Å². The fourth-order valence-corrected chi connectivity index (χ4v) is 2.40. The van der Waals surface area contributed by atoms with Gasteiger partial charge in [0.2, 0.25) is 0 Å². The van der Waals surface area contributed by atoms with Crippen molar-refractivity contribution in [2.24, 2.45) is 0 Å². The van der Waals surface area contributed by atoms with E-state index < -0.39 is 5.41 Å². The number of nitrogens with zero attached hydrogens (tertiary/aromatic N) is 3. The average Bonchev–Trinajstić information content (AvgIpc) is 2.75. The molecule has 4 heteroatoms. The van der Waals surface area contributed by atoms with Crippen molar-refractivity contribution in [1.29, 1.82) is 5.26 Å². The first-order chi connectivity index (χ1) is 9.13. The molecule has 1 fully saturated rings. The lowest BCUT2D eigenvalue weighted by Crippen LogP contribution is -2.34. The molecule has 19 heavy (non-hydrogen) atoms. The van der Waals surface area contributed by atoms with Crippen molar-refractivity contribution in [2.45, 2.75) is 38.5 Å². The second-order valence-electron chi connectivity index (χ2n) is 5.18. The lowest BCUT2D eigenvalue weighted by atomic mass is 9.69. The van der Waals surface area contributed by atoms with Crippen LogP contribution in [0.1, 0.15) is 36.5 Å². The molecule has 0 unspecified atom stereocenters. The third kappa shape index (κ3) is 1.91. The van der Waals surface area contributed by atoms with E-state index in [4.69, 9.17) is 4.42 Å². The third-order valence-electron chi connectivity index (χ3n) is 3.70. The summed E-state index contributed by atoms with van der Waals surface area (Å²) in [6.45, 7) is 3.83. The Morgan fingerprint density at radius 2 is 2.05 bits per heavy atom. The van der Waals surface area contributed by atoms with E-state index in [2.05, 4.69) is 16.0 Å². The first kappa shape index (κ1) is 11.9. The molecule has 0 bridgehead atoms. The molecule has 2 aromatic rings. The number of rotatable bonds is 2. The summed E-state index contributed by atoms with van der Waals surface area (Å²) in [7, 11) is 0. The fourth-order valence-electron chi connectivity index (χ4n) is 2.40. The van der Waals surface area contributed by atoms with Crippen LogP contribution in [0.15, 0.2) is 22.6 Å². The second-order valence-corrected chi connectivity index (χ2v) is 5.18. The van der Waals surface area contributed by atoms with Crippen LogP contribution in [0.25, 0.3) is 11.5 Å². The highest BCUT2D eigenvalue weighted by atomic mass is 16.3. The fraction of sp³-hybridized carbons (Fsp3) is 0.400. The maximum atomic E-state index is 9.39. The van der Waals surface area contributed by atoms with Gasteiger partial charge in [0.1, 0.15) is 22.7 Å². The molecule has 96 valence electrons. The van der Waals surface area contributed by atoms with Gasteiger partial charge in [-0.1, -0.05) is 0 Å². The van der Waals surface area contributed by atoms with Gasteiger partial charge in [-0.2, -0.15) is 5.26 Å². The van der Waals surface area contributed by atoms with Crippen LogP contribution < -0.4 is 0 Å². The van der Waals surface area contributed by atoms with Gasteiger partial charge in [0, 0.05) is 5.69 Å². The van der Waals surface area contributed by atoms with Crippen molar-refractivity contribution in [3.63, 3.8) is 0 Å². The summed E-state index contributed by atoms with van der Waals surface area (Å²) in [5, 5.41) is 9.39. The van der Waals surface area contributed by atoms with Gasteiger partial charge >= 0.3 is 0 Å². The topological polar surface area (TPSA) is 62.7 Å². The Bertz CT molecular complexity index is 662. The summed E-state index contributed by atoms with van der Waals surface area (Å²) in [6, 6.07) is 8.10. The molecule has 0 N–H and O–H groups in total. The Morgan fingerprint density at radius 1 is 1.26 bits per heavy atom. The van der Waals surface area contributed by atoms with E-state index in [1.54, 1.807) is 0 Å². The zero-order chi connectivity index (χ0) is 13.5. The average molecular weight is 253 g/mol. The summed E-state index contributed by atoms with van der Waals surface area (Å²) in [6.07, 6.45) is 2.77. The number of nitriles is 1. The van der Waals surface area contributed by atoms with E-state index >= 15 is 0 Å². The van der Waals surface area contributed by atoms with E-state index in [0.717, 1.165) is 42.2 Å². The molecule has 0 amide bonds. The van der Waals surface area contributed by atoms with Crippen molar-refractivity contribution in [3.05, 3.63) is 35.5 Å². The van der Waals surface area contributed by atoms with E-state index in [9.17, 15) is 5.26 Å². The van der Waals surface area contributed by atoms with Gasteiger partial charge in [0.05, 0.1) is 6.07 Å². The number of hydrogen-bond donors (Lipinski definition) is 0. The highest BCUT2D eigenvalue weighted by Gasteiger charge is 2.42. The third-order valence-corrected chi connectivity index (χ3v) is 3.70. The van der Waals surface area contributed by atoms with E-state index in [0.29, 0.717) is 5.82 Å². The van der Waals surface area contributed by atoms with Crippen LogP contribution in [-0.2, 0) is 5.41 Å². The van der Waals surface area contributed by atoms with Crippen molar-refractivity contribution < 1.29 is 4.42 Å². The Morgan fingerprint density at radius 3 is 2.58 bits per heavy atom. The van der Waals surface area contributed by atoms with Crippen LogP contribution in [0.2, 0.25) is 0 Å². The summed E-state index contributed by atoms with van der Waals surface area (Å²) < 4.78 is 5.60. The van der Waals surface area contributed by atoms with Gasteiger partial charge in [0.15, 0.2) is 5.76 Å². The van der Waals surface area contributed by atoms with Crippen LogP contribution in [0.5, 0.6) is 0 Å². The molecule has 1 aliphatic carbocycles. The Hall–Kier alpha value is -2.15. The number of aryl methyl sites for hydroxylation is 2. The second kappa shape index (κ2) is 4.20. The zero-order valence-corrected chi connectivity index (χ0v) is 11.1. The van der Waals surface area contributed by atoms with Crippen molar-refractivity contribution in [2.75, 3.05) is 0 Å². The van der Waals surface area contributed by atoms with Gasteiger partial charge in [-0.15, -0.1) is 0 Å². The van der Waals surface area contributed by atoms with Gasteiger partial charge in [-0.3, -0.25) is 0 Å². The molecule has 1 aliphatic rings. The summed E-state index contributed by atoms with van der Waals surface area (Å²) in [5.74, 6) is 2.23. The van der Waals surface area contributed by atoms with E-state index in [1.165, 1.54) is 0 Å². The van der Waals surface area contributed by atoms with Crippen LogP contribution in [0, 0.1) is 25.2 Å². The van der Waals surface area contributed by atoms with E-state index in [-0.39, 0.29) is 0 Å². The molecule has 2 heterocycles. The van der Waals surface area contributed by atoms with E-state index in [1.807, 2.05) is 32.0 Å². The van der Waals surface area contributed by atoms with Gasteiger partial charge in [-0.05, 0) is 51.3 Å². The Kier molecular flexibility index (Phi) is 2.63. The van der Waals surface area contributed by atoms with Crippen molar-refractivity contribution in [1.82, 2.24) is 9.97 Å². The highest BCUT2D eigenvalue weighted by molar-refractivity contribution is 5.53. The van der Waals surface area contributed by atoms with Crippen molar-refractivity contribution >= 4 is 0 Å². The largest absolute Gasteiger partial charge is 0.460 e. The maximum Gasteiger partial charge on any atom is 0.152 e. The number of aromatic nitrogens is 2. The van der Waals surface area contributed by atoms with Gasteiger partial charge in [0.25, 0.3) is 0 Å². The molecule has 3 rings (SSSR count). The molecule has 0 saturated heterocycles. The Labute approximate surface area is 112 Å². The number of furan rings is 1. The first-order valence-corrected chi connectivity index (χ1v) is 6.47. The molecule has 0 aromatic carbocycles. The molecule has 0 atom stereocenters. The van der Waals surface area contributed by atoms with Gasteiger partial charge in [-0.25, -0.2) is 9.97 Å². The molecule has 4 nitrogen and oxygen atoms in total. The highest BCUT2D eigenvalue weighted by Crippen LogP contribution is 2.42. The monoisotopic (exact) mass is 253 g/mol. The predicted octanol–water partition coefficient (Wildman–Crippen LogP) is 3.30. The molecule has 0 spiro atoms. The molecule has 1 saturated carbocycles. The smallest absolute Gasteiger partial charge is 0.152 e. The summed E-state index contributed by atoms with van der Waals surface area (Å²) in [5.41, 5.74) is 1.15. The van der Waals surface area contributed by atoms with Crippen LogP contribution in [0.4, 0.5) is 0 Å². The minimum absolute atomic E-state index is 0.484. The van der Waals surface area contributed by atoms with Crippen LogP contribution in [-0.4, -0.2) is 9.97 Å². The molecular formula is C15H15N3O. The lowest BCUT2D eigenvalue weighted by molar-refractivity contribution is 0.306. The van der Waals surface area contributed by atoms with Gasteiger partial charge < -0.3 is 4.42 Å². The summed E-state index contributed by atoms with van der Waals surface area (Å²) in [4.78, 5) is 9.01. The normalized spacial score (nSPS) is 16.7. The molecule has 0 radical (unpaired) electrons. The van der Waals surface area contributed by atoms with Crippen LogP contribution >= 0.6 is 0 Å². The molecular weight excluding hydrogens is 238 g/mol. The maximum absolute atomic E-state index is 9.39.